The van der Waals surface area contributed by atoms with Gasteiger partial charge in [0.2, 0.25) is 0 Å². The van der Waals surface area contributed by atoms with Gasteiger partial charge in [0.15, 0.2) is 0 Å². The number of aldehydes is 1. The number of hydrogen-bond donors (Lipinski definition) is 0. The second-order valence-corrected chi connectivity index (χ2v) is 9.06. The Balaban J connectivity index is 2.54. The van der Waals surface area contributed by atoms with Crippen LogP contribution in [-0.4, -0.2) is 6.29 Å². The molecule has 0 bridgehead atoms. The second-order valence-electron chi connectivity index (χ2n) is 9.06. The van der Waals surface area contributed by atoms with Gasteiger partial charge in [0.25, 0.3) is 0 Å². The fourth-order valence-electron chi connectivity index (χ4n) is 6.14. The van der Waals surface area contributed by atoms with Crippen LogP contribution >= 0.6 is 0 Å². The highest BCUT2D eigenvalue weighted by Gasteiger charge is 2.60. The molecule has 0 aliphatic heterocycles. The molecule has 1 heteroatoms. The molecule has 1 nitrogen and oxygen atoms in total. The summed E-state index contributed by atoms with van der Waals surface area (Å²) in [5.74, 6) is 1.73. The quantitative estimate of drug-likeness (QED) is 0.611. The van der Waals surface area contributed by atoms with Crippen LogP contribution in [0.1, 0.15) is 80.1 Å². The van der Waals surface area contributed by atoms with Crippen LogP contribution < -0.4 is 0 Å². The largest absolute Gasteiger partial charge is 0.303 e. The van der Waals surface area contributed by atoms with E-state index < -0.39 is 0 Å². The van der Waals surface area contributed by atoms with Gasteiger partial charge in [-0.05, 0) is 47.8 Å². The molecule has 2 saturated carbocycles. The summed E-state index contributed by atoms with van der Waals surface area (Å²) in [5, 5.41) is 0. The molecule has 0 aromatic rings. The van der Waals surface area contributed by atoms with Gasteiger partial charge in [-0.25, -0.2) is 0 Å². The first-order chi connectivity index (χ1) is 9.19. The van der Waals surface area contributed by atoms with E-state index in [2.05, 4.69) is 41.5 Å². The fraction of sp³-hybridized carbons (Fsp3) is 0.947. The molecular formula is C19H34O. The molecule has 116 valence electrons. The lowest BCUT2D eigenvalue weighted by molar-refractivity contribution is -0.164. The van der Waals surface area contributed by atoms with Crippen molar-refractivity contribution in [2.75, 3.05) is 0 Å². The zero-order valence-corrected chi connectivity index (χ0v) is 14.5. The molecule has 0 saturated heterocycles. The maximum absolute atomic E-state index is 12.4. The van der Waals surface area contributed by atoms with Crippen molar-refractivity contribution in [3.8, 4) is 0 Å². The van der Waals surface area contributed by atoms with Gasteiger partial charge in [0.1, 0.15) is 6.29 Å². The minimum atomic E-state index is -0.130. The first kappa shape index (κ1) is 16.0. The molecule has 2 fully saturated rings. The molecule has 0 amide bonds. The van der Waals surface area contributed by atoms with E-state index in [1.165, 1.54) is 44.8 Å². The van der Waals surface area contributed by atoms with E-state index in [4.69, 9.17) is 0 Å². The van der Waals surface area contributed by atoms with Crippen molar-refractivity contribution in [3.63, 3.8) is 0 Å². The third-order valence-corrected chi connectivity index (χ3v) is 7.03. The van der Waals surface area contributed by atoms with Crippen LogP contribution in [0.25, 0.3) is 0 Å². The molecular weight excluding hydrogens is 244 g/mol. The summed E-state index contributed by atoms with van der Waals surface area (Å²) in [6.07, 6.45) is 9.01. The lowest BCUT2D eigenvalue weighted by atomic mass is 9.42. The third kappa shape index (κ3) is 2.16. The van der Waals surface area contributed by atoms with Crippen LogP contribution in [0.4, 0.5) is 0 Å². The average molecular weight is 278 g/mol. The van der Waals surface area contributed by atoms with Crippen molar-refractivity contribution in [2.45, 2.75) is 80.1 Å². The Kier molecular flexibility index (Phi) is 4.13. The topological polar surface area (TPSA) is 17.1 Å². The molecule has 0 radical (unpaired) electrons. The Morgan fingerprint density at radius 1 is 0.950 bits per heavy atom. The minimum absolute atomic E-state index is 0.130. The number of rotatable bonds is 2. The number of carbonyl (C=O) groups excluding carboxylic acids is 1. The summed E-state index contributed by atoms with van der Waals surface area (Å²) < 4.78 is 0. The van der Waals surface area contributed by atoms with Crippen molar-refractivity contribution in [1.29, 1.82) is 0 Å². The zero-order valence-electron chi connectivity index (χ0n) is 14.5. The highest BCUT2D eigenvalue weighted by Crippen LogP contribution is 2.64. The van der Waals surface area contributed by atoms with Gasteiger partial charge in [-0.3, -0.25) is 0 Å². The van der Waals surface area contributed by atoms with Crippen LogP contribution in [0.3, 0.4) is 0 Å². The van der Waals surface area contributed by atoms with Crippen molar-refractivity contribution < 1.29 is 4.79 Å². The summed E-state index contributed by atoms with van der Waals surface area (Å²) in [5.41, 5.74) is 0.302. The third-order valence-electron chi connectivity index (χ3n) is 7.03. The minimum Gasteiger partial charge on any atom is -0.303 e. The molecule has 2 rings (SSSR count). The van der Waals surface area contributed by atoms with E-state index in [0.29, 0.717) is 23.2 Å². The Bertz CT molecular complexity index is 368. The van der Waals surface area contributed by atoms with Gasteiger partial charge >= 0.3 is 0 Å². The van der Waals surface area contributed by atoms with Crippen LogP contribution in [-0.2, 0) is 4.79 Å². The first-order valence-electron chi connectivity index (χ1n) is 8.65. The lowest BCUT2D eigenvalue weighted by Gasteiger charge is -2.61. The average Bonchev–Trinajstić information content (AvgIpc) is 2.31. The molecule has 0 aromatic heterocycles. The van der Waals surface area contributed by atoms with Crippen LogP contribution in [0.5, 0.6) is 0 Å². The smallest absolute Gasteiger partial charge is 0.127 e. The van der Waals surface area contributed by atoms with Crippen LogP contribution in [0, 0.1) is 34.0 Å². The normalized spacial score (nSPS) is 44.0. The predicted octanol–water partition coefficient (Wildman–Crippen LogP) is 5.48. The van der Waals surface area contributed by atoms with Gasteiger partial charge in [-0.2, -0.15) is 0 Å². The molecule has 4 unspecified atom stereocenters. The standard InChI is InChI=1S/C19H34O/c1-14-9-7-11-17(3,4)16(14)19(13-20)15(2)10-8-12-18(19,5)6/h13-16H,7-12H2,1-6H3. The summed E-state index contributed by atoms with van der Waals surface area (Å²) in [7, 11) is 0. The highest BCUT2D eigenvalue weighted by atomic mass is 16.1. The van der Waals surface area contributed by atoms with Crippen molar-refractivity contribution in [3.05, 3.63) is 0 Å². The highest BCUT2D eigenvalue weighted by molar-refractivity contribution is 5.63. The predicted molar refractivity (Wildman–Crippen MR) is 85.6 cm³/mol. The number of carbonyl (C=O) groups is 1. The van der Waals surface area contributed by atoms with Gasteiger partial charge in [-0.15, -0.1) is 0 Å². The molecule has 4 atom stereocenters. The van der Waals surface area contributed by atoms with E-state index in [-0.39, 0.29) is 10.8 Å². The SMILES string of the molecule is CC1CCCC(C)(C)C1C1(C=O)C(C)CCCC1(C)C. The van der Waals surface area contributed by atoms with Crippen molar-refractivity contribution in [1.82, 2.24) is 0 Å². The Hall–Kier alpha value is -0.330. The maximum Gasteiger partial charge on any atom is 0.127 e. The van der Waals surface area contributed by atoms with E-state index >= 15 is 0 Å². The van der Waals surface area contributed by atoms with Crippen molar-refractivity contribution >= 4 is 6.29 Å². The molecule has 0 aromatic carbocycles. The summed E-state index contributed by atoms with van der Waals surface area (Å²) in [6.45, 7) is 14.3. The van der Waals surface area contributed by atoms with Crippen molar-refractivity contribution in [2.24, 2.45) is 34.0 Å². The Morgan fingerprint density at radius 2 is 1.55 bits per heavy atom. The summed E-state index contributed by atoms with van der Waals surface area (Å²) in [6, 6.07) is 0. The van der Waals surface area contributed by atoms with E-state index in [9.17, 15) is 4.79 Å². The molecule has 2 aliphatic rings. The first-order valence-corrected chi connectivity index (χ1v) is 8.65. The van der Waals surface area contributed by atoms with Crippen LogP contribution in [0.15, 0.2) is 0 Å². The summed E-state index contributed by atoms with van der Waals surface area (Å²) >= 11 is 0. The zero-order chi connectivity index (χ0) is 15.2. The van der Waals surface area contributed by atoms with Crippen LogP contribution in [0.2, 0.25) is 0 Å². The molecule has 0 spiro atoms. The fourth-order valence-corrected chi connectivity index (χ4v) is 6.14. The monoisotopic (exact) mass is 278 g/mol. The van der Waals surface area contributed by atoms with Gasteiger partial charge in [-0.1, -0.05) is 60.8 Å². The Morgan fingerprint density at radius 3 is 2.05 bits per heavy atom. The maximum atomic E-state index is 12.4. The second kappa shape index (κ2) is 5.14. The van der Waals surface area contributed by atoms with Gasteiger partial charge < -0.3 is 4.79 Å². The number of hydrogen-bond acceptors (Lipinski definition) is 1. The molecule has 20 heavy (non-hydrogen) atoms. The summed E-state index contributed by atoms with van der Waals surface area (Å²) in [4.78, 5) is 12.4. The lowest BCUT2D eigenvalue weighted by Crippen LogP contribution is -2.58. The molecule has 2 aliphatic carbocycles. The molecule has 0 heterocycles. The van der Waals surface area contributed by atoms with E-state index in [0.717, 1.165) is 0 Å². The Labute approximate surface area is 125 Å². The van der Waals surface area contributed by atoms with E-state index in [1.807, 2.05) is 0 Å². The van der Waals surface area contributed by atoms with E-state index in [1.54, 1.807) is 0 Å². The van der Waals surface area contributed by atoms with Gasteiger partial charge in [0, 0.05) is 5.41 Å². The van der Waals surface area contributed by atoms with Gasteiger partial charge in [0.05, 0.1) is 0 Å². The molecule has 0 N–H and O–H groups in total.